The minimum atomic E-state index is -0.158. The highest BCUT2D eigenvalue weighted by atomic mass is 16.5. The van der Waals surface area contributed by atoms with Crippen LogP contribution < -0.4 is 0 Å². The molecular weight excluding hydrogens is 312 g/mol. The van der Waals surface area contributed by atoms with Gasteiger partial charge in [0.25, 0.3) is 0 Å². The van der Waals surface area contributed by atoms with Crippen LogP contribution in [0.1, 0.15) is 31.9 Å². The van der Waals surface area contributed by atoms with Crippen LogP contribution in [0.3, 0.4) is 0 Å². The third-order valence-corrected chi connectivity index (χ3v) is 4.40. The van der Waals surface area contributed by atoms with Crippen molar-refractivity contribution in [1.82, 2.24) is 0 Å². The average molecular weight is 342 g/mol. The molecule has 0 aromatic heterocycles. The number of aliphatic hydroxyl groups excluding tert-OH is 1. The van der Waals surface area contributed by atoms with Crippen LogP contribution in [-0.2, 0) is 22.7 Å². The topological polar surface area (TPSA) is 38.7 Å². The molecule has 0 saturated carbocycles. The van der Waals surface area contributed by atoms with E-state index in [1.165, 1.54) is 0 Å². The zero-order valence-electron chi connectivity index (χ0n) is 15.5. The molecule has 2 aromatic carbocycles. The Morgan fingerprint density at radius 3 is 1.56 bits per heavy atom. The molecule has 0 aliphatic rings. The van der Waals surface area contributed by atoms with E-state index in [0.717, 1.165) is 11.1 Å². The Morgan fingerprint density at radius 2 is 1.16 bits per heavy atom. The Hall–Kier alpha value is -1.68. The third-order valence-electron chi connectivity index (χ3n) is 4.40. The molecule has 0 radical (unpaired) electrons. The lowest BCUT2D eigenvalue weighted by Crippen LogP contribution is -2.41. The summed E-state index contributed by atoms with van der Waals surface area (Å²) in [6.45, 7) is 7.44. The van der Waals surface area contributed by atoms with Crippen molar-refractivity contribution in [2.24, 2.45) is 11.8 Å². The minimum Gasteiger partial charge on any atom is -0.396 e. The van der Waals surface area contributed by atoms with Gasteiger partial charge in [0.15, 0.2) is 0 Å². The molecule has 0 aliphatic heterocycles. The van der Waals surface area contributed by atoms with Crippen molar-refractivity contribution in [1.29, 1.82) is 0 Å². The van der Waals surface area contributed by atoms with Crippen LogP contribution in [0.2, 0.25) is 0 Å². The molecule has 0 bridgehead atoms. The number of aliphatic hydroxyl groups is 1. The Morgan fingerprint density at radius 1 is 0.720 bits per heavy atom. The van der Waals surface area contributed by atoms with Crippen molar-refractivity contribution in [3.63, 3.8) is 0 Å². The molecule has 0 aliphatic carbocycles. The van der Waals surface area contributed by atoms with Crippen molar-refractivity contribution < 1.29 is 14.6 Å². The van der Waals surface area contributed by atoms with Crippen molar-refractivity contribution >= 4 is 0 Å². The zero-order valence-corrected chi connectivity index (χ0v) is 15.5. The van der Waals surface area contributed by atoms with Crippen molar-refractivity contribution in [2.75, 3.05) is 6.61 Å². The van der Waals surface area contributed by atoms with Crippen LogP contribution in [0.25, 0.3) is 0 Å². The number of hydrogen-bond donors (Lipinski definition) is 1. The maximum atomic E-state index is 9.68. The molecule has 0 fully saturated rings. The smallest absolute Gasteiger partial charge is 0.0891 e. The maximum Gasteiger partial charge on any atom is 0.0891 e. The predicted octanol–water partition coefficient (Wildman–Crippen LogP) is 4.44. The summed E-state index contributed by atoms with van der Waals surface area (Å²) in [6.07, 6.45) is -0.236. The summed E-state index contributed by atoms with van der Waals surface area (Å²) in [5.41, 5.74) is 2.27. The summed E-state index contributed by atoms with van der Waals surface area (Å²) in [7, 11) is 0. The van der Waals surface area contributed by atoms with Crippen LogP contribution in [0.5, 0.6) is 0 Å². The van der Waals surface area contributed by atoms with Gasteiger partial charge in [0, 0.05) is 12.5 Å². The molecule has 3 heteroatoms. The van der Waals surface area contributed by atoms with Gasteiger partial charge in [0.2, 0.25) is 0 Å². The minimum absolute atomic E-state index is 0.00638. The standard InChI is InChI=1S/C22H30O3/c1-17(2)21(24-15-19-10-6-4-7-11-19)22(18(3)14-23)25-16-20-12-8-5-9-13-20/h4-13,17-18,21-23H,14-16H2,1-3H3. The fraction of sp³-hybridized carbons (Fsp3) is 0.455. The molecule has 3 unspecified atom stereocenters. The Labute approximate surface area is 151 Å². The molecule has 3 nitrogen and oxygen atoms in total. The highest BCUT2D eigenvalue weighted by molar-refractivity contribution is 5.14. The first-order valence-electron chi connectivity index (χ1n) is 9.03. The Balaban J connectivity index is 2.05. The highest BCUT2D eigenvalue weighted by Gasteiger charge is 2.30. The van der Waals surface area contributed by atoms with E-state index in [1.807, 2.05) is 43.3 Å². The molecule has 136 valence electrons. The summed E-state index contributed by atoms with van der Waals surface area (Å²) in [5, 5.41) is 9.68. The second-order valence-electron chi connectivity index (χ2n) is 6.93. The van der Waals surface area contributed by atoms with E-state index in [-0.39, 0.29) is 24.7 Å². The van der Waals surface area contributed by atoms with Gasteiger partial charge in [-0.3, -0.25) is 0 Å². The van der Waals surface area contributed by atoms with E-state index in [2.05, 4.69) is 38.1 Å². The number of hydrogen-bond acceptors (Lipinski definition) is 3. The second kappa shape index (κ2) is 10.3. The summed E-state index contributed by atoms with van der Waals surface area (Å²) in [6, 6.07) is 20.3. The lowest BCUT2D eigenvalue weighted by molar-refractivity contribution is -0.129. The summed E-state index contributed by atoms with van der Waals surface area (Å²) >= 11 is 0. The first-order valence-corrected chi connectivity index (χ1v) is 9.03. The van der Waals surface area contributed by atoms with Gasteiger partial charge in [-0.05, 0) is 17.0 Å². The number of rotatable bonds is 10. The molecule has 0 heterocycles. The maximum absolute atomic E-state index is 9.68. The number of benzene rings is 2. The van der Waals surface area contributed by atoms with Crippen molar-refractivity contribution in [2.45, 2.75) is 46.2 Å². The van der Waals surface area contributed by atoms with E-state index in [4.69, 9.17) is 9.47 Å². The lowest BCUT2D eigenvalue weighted by Gasteiger charge is -2.33. The van der Waals surface area contributed by atoms with E-state index in [9.17, 15) is 5.11 Å². The van der Waals surface area contributed by atoms with Gasteiger partial charge in [0.1, 0.15) is 0 Å². The molecule has 0 spiro atoms. The normalized spacial score (nSPS) is 15.1. The lowest BCUT2D eigenvalue weighted by atomic mass is 9.92. The van der Waals surface area contributed by atoms with Gasteiger partial charge >= 0.3 is 0 Å². The Bertz CT molecular complexity index is 583. The molecule has 3 atom stereocenters. The van der Waals surface area contributed by atoms with E-state index < -0.39 is 0 Å². The molecule has 1 N–H and O–H groups in total. The SMILES string of the molecule is CC(C)C(OCc1ccccc1)C(OCc1ccccc1)C(C)CO. The van der Waals surface area contributed by atoms with Crippen LogP contribution >= 0.6 is 0 Å². The van der Waals surface area contributed by atoms with Crippen LogP contribution in [0.15, 0.2) is 60.7 Å². The van der Waals surface area contributed by atoms with Gasteiger partial charge in [-0.15, -0.1) is 0 Å². The quantitative estimate of drug-likeness (QED) is 0.694. The molecule has 2 aromatic rings. The van der Waals surface area contributed by atoms with Gasteiger partial charge < -0.3 is 14.6 Å². The Kier molecular flexibility index (Phi) is 8.13. The molecule has 2 rings (SSSR count). The van der Waals surface area contributed by atoms with E-state index in [0.29, 0.717) is 19.1 Å². The fourth-order valence-electron chi connectivity index (χ4n) is 2.89. The summed E-state index contributed by atoms with van der Waals surface area (Å²) in [5.74, 6) is 0.297. The molecular formula is C22H30O3. The van der Waals surface area contributed by atoms with Crippen LogP contribution in [0, 0.1) is 11.8 Å². The first kappa shape index (κ1) is 19.6. The molecule has 25 heavy (non-hydrogen) atoms. The summed E-state index contributed by atoms with van der Waals surface area (Å²) < 4.78 is 12.4. The highest BCUT2D eigenvalue weighted by Crippen LogP contribution is 2.23. The number of ether oxygens (including phenoxy) is 2. The average Bonchev–Trinajstić information content (AvgIpc) is 2.65. The first-order chi connectivity index (χ1) is 12.1. The monoisotopic (exact) mass is 342 g/mol. The van der Waals surface area contributed by atoms with Gasteiger partial charge in [-0.1, -0.05) is 81.4 Å². The zero-order chi connectivity index (χ0) is 18.1. The van der Waals surface area contributed by atoms with Gasteiger partial charge in [0.05, 0.1) is 25.4 Å². The van der Waals surface area contributed by atoms with E-state index >= 15 is 0 Å². The van der Waals surface area contributed by atoms with Gasteiger partial charge in [-0.2, -0.15) is 0 Å². The van der Waals surface area contributed by atoms with Gasteiger partial charge in [-0.25, -0.2) is 0 Å². The molecule has 0 saturated heterocycles. The predicted molar refractivity (Wildman–Crippen MR) is 101 cm³/mol. The van der Waals surface area contributed by atoms with Crippen LogP contribution in [0.4, 0.5) is 0 Å². The summed E-state index contributed by atoms with van der Waals surface area (Å²) in [4.78, 5) is 0. The molecule has 0 amide bonds. The second-order valence-corrected chi connectivity index (χ2v) is 6.93. The largest absolute Gasteiger partial charge is 0.396 e. The van der Waals surface area contributed by atoms with Crippen LogP contribution in [-0.4, -0.2) is 23.9 Å². The van der Waals surface area contributed by atoms with E-state index in [1.54, 1.807) is 0 Å². The van der Waals surface area contributed by atoms with Crippen molar-refractivity contribution in [3.8, 4) is 0 Å². The third kappa shape index (κ3) is 6.28. The van der Waals surface area contributed by atoms with Crippen molar-refractivity contribution in [3.05, 3.63) is 71.8 Å². The fourth-order valence-corrected chi connectivity index (χ4v) is 2.89.